The SMILES string of the molecule is Cc1cccc(-c2n[nH]c(=S)n2CCC(=O)N2CCCC(CNC(=O)Nc3cccc(F)c3)C2)c1. The molecule has 0 saturated carbocycles. The van der Waals surface area contributed by atoms with Crippen molar-refractivity contribution in [1.82, 2.24) is 25.0 Å². The fourth-order valence-corrected chi connectivity index (χ4v) is 4.56. The Balaban J connectivity index is 1.29. The van der Waals surface area contributed by atoms with Gasteiger partial charge in [0.2, 0.25) is 5.91 Å². The predicted octanol–water partition coefficient (Wildman–Crippen LogP) is 4.51. The van der Waals surface area contributed by atoms with E-state index in [-0.39, 0.29) is 11.8 Å². The highest BCUT2D eigenvalue weighted by Gasteiger charge is 2.24. The van der Waals surface area contributed by atoms with E-state index in [9.17, 15) is 14.0 Å². The van der Waals surface area contributed by atoms with Gasteiger partial charge in [-0.3, -0.25) is 14.5 Å². The number of halogens is 1. The molecule has 1 saturated heterocycles. The van der Waals surface area contributed by atoms with Gasteiger partial charge in [0.1, 0.15) is 5.82 Å². The van der Waals surface area contributed by atoms with Gasteiger partial charge in [-0.05, 0) is 62.2 Å². The molecule has 3 N–H and O–H groups in total. The molecule has 3 aromatic rings. The van der Waals surface area contributed by atoms with Crippen LogP contribution >= 0.6 is 12.2 Å². The molecule has 8 nitrogen and oxygen atoms in total. The molecular formula is C25H29FN6O2S. The Labute approximate surface area is 208 Å². The number of nitrogens with one attached hydrogen (secondary N) is 3. The minimum atomic E-state index is -0.410. The van der Waals surface area contributed by atoms with Crippen LogP contribution in [0.15, 0.2) is 48.5 Å². The minimum Gasteiger partial charge on any atom is -0.342 e. The molecule has 35 heavy (non-hydrogen) atoms. The van der Waals surface area contributed by atoms with Crippen molar-refractivity contribution in [2.45, 2.75) is 32.7 Å². The third kappa shape index (κ3) is 6.54. The summed E-state index contributed by atoms with van der Waals surface area (Å²) in [5.74, 6) is 0.519. The molecule has 2 heterocycles. The zero-order valence-corrected chi connectivity index (χ0v) is 20.4. The first-order valence-corrected chi connectivity index (χ1v) is 12.1. The number of urea groups is 1. The lowest BCUT2D eigenvalue weighted by atomic mass is 9.97. The second-order valence-corrected chi connectivity index (χ2v) is 9.20. The summed E-state index contributed by atoms with van der Waals surface area (Å²) in [6.45, 7) is 4.18. The lowest BCUT2D eigenvalue weighted by molar-refractivity contribution is -0.133. The molecule has 4 rings (SSSR count). The van der Waals surface area contributed by atoms with Crippen LogP contribution in [0.25, 0.3) is 11.4 Å². The van der Waals surface area contributed by atoms with Gasteiger partial charge in [-0.25, -0.2) is 9.18 Å². The number of piperidine rings is 1. The highest BCUT2D eigenvalue weighted by Crippen LogP contribution is 2.20. The molecule has 0 bridgehead atoms. The van der Waals surface area contributed by atoms with Crippen LogP contribution in [-0.2, 0) is 11.3 Å². The van der Waals surface area contributed by atoms with E-state index in [0.29, 0.717) is 43.1 Å². The highest BCUT2D eigenvalue weighted by molar-refractivity contribution is 7.71. The molecule has 0 aliphatic carbocycles. The number of carbonyl (C=O) groups is 2. The first kappa shape index (κ1) is 24.6. The van der Waals surface area contributed by atoms with Crippen molar-refractivity contribution in [1.29, 1.82) is 0 Å². The number of aryl methyl sites for hydroxylation is 1. The number of aromatic nitrogens is 3. The maximum atomic E-state index is 13.3. The average Bonchev–Trinajstić information content (AvgIpc) is 3.21. The second-order valence-electron chi connectivity index (χ2n) is 8.82. The third-order valence-corrected chi connectivity index (χ3v) is 6.40. The fraction of sp³-hybridized carbons (Fsp3) is 0.360. The molecule has 1 fully saturated rings. The first-order valence-electron chi connectivity index (χ1n) is 11.7. The predicted molar refractivity (Wildman–Crippen MR) is 135 cm³/mol. The normalized spacial score (nSPS) is 15.6. The number of carbonyl (C=O) groups excluding carboxylic acids is 2. The Bertz CT molecular complexity index is 1260. The van der Waals surface area contributed by atoms with Crippen LogP contribution in [0, 0.1) is 23.4 Å². The van der Waals surface area contributed by atoms with Gasteiger partial charge < -0.3 is 15.5 Å². The van der Waals surface area contributed by atoms with Crippen LogP contribution in [-0.4, -0.2) is 51.2 Å². The van der Waals surface area contributed by atoms with Gasteiger partial charge in [0.15, 0.2) is 10.6 Å². The zero-order valence-electron chi connectivity index (χ0n) is 19.6. The number of amides is 3. The highest BCUT2D eigenvalue weighted by atomic mass is 32.1. The van der Waals surface area contributed by atoms with E-state index in [1.165, 1.54) is 18.2 Å². The summed E-state index contributed by atoms with van der Waals surface area (Å²) in [6, 6.07) is 13.4. The molecule has 1 unspecified atom stereocenters. The van der Waals surface area contributed by atoms with E-state index < -0.39 is 11.8 Å². The van der Waals surface area contributed by atoms with E-state index in [4.69, 9.17) is 12.2 Å². The van der Waals surface area contributed by atoms with E-state index in [1.54, 1.807) is 6.07 Å². The summed E-state index contributed by atoms with van der Waals surface area (Å²) in [5.41, 5.74) is 2.47. The lowest BCUT2D eigenvalue weighted by Crippen LogP contribution is -2.44. The topological polar surface area (TPSA) is 95.1 Å². The number of H-pyrrole nitrogens is 1. The van der Waals surface area contributed by atoms with Crippen molar-refractivity contribution in [3.8, 4) is 11.4 Å². The van der Waals surface area contributed by atoms with Gasteiger partial charge in [0, 0.05) is 43.9 Å². The standard InChI is InChI=1S/C25H29FN6O2S/c1-17-5-2-7-19(13-17)23-29-30-25(35)32(23)12-10-22(33)31-11-4-6-18(16-31)15-27-24(34)28-21-9-3-8-20(26)14-21/h2-3,5,7-9,13-14,18H,4,6,10-12,15-16H2,1H3,(H,30,35)(H2,27,28,34). The Morgan fingerprint density at radius 1 is 1.23 bits per heavy atom. The number of hydrogen-bond donors (Lipinski definition) is 3. The number of hydrogen-bond acceptors (Lipinski definition) is 4. The number of anilines is 1. The average molecular weight is 497 g/mol. The fourth-order valence-electron chi connectivity index (χ4n) is 4.33. The van der Waals surface area contributed by atoms with Crippen LogP contribution in [0.2, 0.25) is 0 Å². The molecular weight excluding hydrogens is 467 g/mol. The zero-order chi connectivity index (χ0) is 24.8. The summed E-state index contributed by atoms with van der Waals surface area (Å²) in [7, 11) is 0. The molecule has 0 spiro atoms. The number of aromatic amines is 1. The quantitative estimate of drug-likeness (QED) is 0.420. The molecule has 1 atom stereocenters. The van der Waals surface area contributed by atoms with Gasteiger partial charge in [-0.1, -0.05) is 29.8 Å². The molecule has 184 valence electrons. The second kappa shape index (κ2) is 11.3. The van der Waals surface area contributed by atoms with Gasteiger partial charge in [0.05, 0.1) is 0 Å². The van der Waals surface area contributed by atoms with Crippen molar-refractivity contribution in [3.63, 3.8) is 0 Å². The summed E-state index contributed by atoms with van der Waals surface area (Å²) >= 11 is 5.40. The summed E-state index contributed by atoms with van der Waals surface area (Å²) < 4.78 is 15.6. The molecule has 10 heteroatoms. The van der Waals surface area contributed by atoms with Gasteiger partial charge in [0.25, 0.3) is 0 Å². The number of likely N-dealkylation sites (tertiary alicyclic amines) is 1. The molecule has 1 aliphatic rings. The van der Waals surface area contributed by atoms with Gasteiger partial charge in [-0.15, -0.1) is 0 Å². The summed E-state index contributed by atoms with van der Waals surface area (Å²) in [6.07, 6.45) is 2.12. The van der Waals surface area contributed by atoms with Crippen LogP contribution in [0.5, 0.6) is 0 Å². The van der Waals surface area contributed by atoms with E-state index in [0.717, 1.165) is 29.8 Å². The Hall–Kier alpha value is -3.53. The van der Waals surface area contributed by atoms with Crippen LogP contribution < -0.4 is 10.6 Å². The van der Waals surface area contributed by atoms with Crippen LogP contribution in [0.1, 0.15) is 24.8 Å². The van der Waals surface area contributed by atoms with E-state index in [2.05, 4.69) is 20.8 Å². The molecule has 1 aromatic heterocycles. The summed E-state index contributed by atoms with van der Waals surface area (Å²) in [4.78, 5) is 27.0. The maximum Gasteiger partial charge on any atom is 0.319 e. The monoisotopic (exact) mass is 496 g/mol. The van der Waals surface area contributed by atoms with Crippen molar-refractivity contribution in [2.75, 3.05) is 25.0 Å². The van der Waals surface area contributed by atoms with Crippen LogP contribution in [0.3, 0.4) is 0 Å². The van der Waals surface area contributed by atoms with Gasteiger partial charge >= 0.3 is 6.03 Å². The molecule has 2 aromatic carbocycles. The van der Waals surface area contributed by atoms with Crippen molar-refractivity contribution in [3.05, 3.63) is 64.7 Å². The van der Waals surface area contributed by atoms with Crippen molar-refractivity contribution in [2.24, 2.45) is 5.92 Å². The van der Waals surface area contributed by atoms with Crippen molar-refractivity contribution < 1.29 is 14.0 Å². The van der Waals surface area contributed by atoms with Gasteiger partial charge in [-0.2, -0.15) is 5.10 Å². The maximum absolute atomic E-state index is 13.3. The first-order chi connectivity index (χ1) is 16.9. The van der Waals surface area contributed by atoms with E-state index >= 15 is 0 Å². The number of benzene rings is 2. The Kier molecular flexibility index (Phi) is 7.91. The number of nitrogens with zero attached hydrogens (tertiary/aromatic N) is 3. The minimum absolute atomic E-state index is 0.0530. The Morgan fingerprint density at radius 2 is 2.06 bits per heavy atom. The largest absolute Gasteiger partial charge is 0.342 e. The smallest absolute Gasteiger partial charge is 0.319 e. The van der Waals surface area contributed by atoms with E-state index in [1.807, 2.05) is 40.7 Å². The third-order valence-electron chi connectivity index (χ3n) is 6.09. The lowest BCUT2D eigenvalue weighted by Gasteiger charge is -2.33. The molecule has 3 amide bonds. The summed E-state index contributed by atoms with van der Waals surface area (Å²) in [5, 5.41) is 12.7. The Morgan fingerprint density at radius 3 is 2.86 bits per heavy atom. The molecule has 1 aliphatic heterocycles. The van der Waals surface area contributed by atoms with Crippen molar-refractivity contribution >= 4 is 29.8 Å². The van der Waals surface area contributed by atoms with Crippen LogP contribution in [0.4, 0.5) is 14.9 Å². The molecule has 0 radical (unpaired) electrons. The number of rotatable bonds is 7.